The molecule has 0 aliphatic carbocycles. The van der Waals surface area contributed by atoms with E-state index in [1.54, 1.807) is 7.11 Å². The molecule has 1 heterocycles. The van der Waals surface area contributed by atoms with E-state index >= 15 is 0 Å². The van der Waals surface area contributed by atoms with Crippen LogP contribution in [0.15, 0.2) is 48.5 Å². The van der Waals surface area contributed by atoms with Crippen molar-refractivity contribution >= 4 is 0 Å². The van der Waals surface area contributed by atoms with Crippen LogP contribution in [-0.4, -0.2) is 13.7 Å². The zero-order chi connectivity index (χ0) is 13.9. The molecule has 0 spiro atoms. The molecule has 0 fully saturated rings. The van der Waals surface area contributed by atoms with Gasteiger partial charge in [-0.25, -0.2) is 0 Å². The fourth-order valence-corrected chi connectivity index (χ4v) is 2.56. The molecule has 4 nitrogen and oxygen atoms in total. The predicted octanol–water partition coefficient (Wildman–Crippen LogP) is 1.71. The van der Waals surface area contributed by atoms with Crippen LogP contribution in [0.2, 0.25) is 0 Å². The van der Waals surface area contributed by atoms with Crippen LogP contribution >= 0.6 is 0 Å². The summed E-state index contributed by atoms with van der Waals surface area (Å²) in [4.78, 5) is 0. The second-order valence-corrected chi connectivity index (χ2v) is 4.88. The first-order valence-corrected chi connectivity index (χ1v) is 6.67. The first-order valence-electron chi connectivity index (χ1n) is 6.67. The van der Waals surface area contributed by atoms with Gasteiger partial charge < -0.3 is 19.7 Å². The highest BCUT2D eigenvalue weighted by atomic mass is 16.5. The smallest absolute Gasteiger partial charge is 0.176 e. The molecule has 20 heavy (non-hydrogen) atoms. The molecule has 2 aromatic rings. The lowest BCUT2D eigenvalue weighted by Gasteiger charge is -2.24. The SMILES string of the molecule is COc1ccccc1C1C[NH+]([O-])Cc2ccccc2O1. The average molecular weight is 271 g/mol. The Morgan fingerprint density at radius 2 is 1.90 bits per heavy atom. The van der Waals surface area contributed by atoms with Gasteiger partial charge in [-0.2, -0.15) is 0 Å². The highest BCUT2D eigenvalue weighted by Gasteiger charge is 2.25. The number of para-hydroxylation sites is 2. The van der Waals surface area contributed by atoms with Crippen molar-refractivity contribution in [1.29, 1.82) is 0 Å². The number of rotatable bonds is 2. The summed E-state index contributed by atoms with van der Waals surface area (Å²) >= 11 is 0. The van der Waals surface area contributed by atoms with E-state index in [1.807, 2.05) is 48.5 Å². The summed E-state index contributed by atoms with van der Waals surface area (Å²) in [6.07, 6.45) is -0.290. The summed E-state index contributed by atoms with van der Waals surface area (Å²) in [6.45, 7) is 0.802. The van der Waals surface area contributed by atoms with E-state index in [0.29, 0.717) is 13.1 Å². The molecule has 0 radical (unpaired) electrons. The van der Waals surface area contributed by atoms with Gasteiger partial charge in [0.2, 0.25) is 0 Å². The van der Waals surface area contributed by atoms with E-state index in [4.69, 9.17) is 9.47 Å². The first-order chi connectivity index (χ1) is 9.78. The minimum atomic E-state index is -0.290. The van der Waals surface area contributed by atoms with E-state index in [1.165, 1.54) is 0 Å². The summed E-state index contributed by atoms with van der Waals surface area (Å²) in [5.74, 6) is 1.54. The maximum Gasteiger partial charge on any atom is 0.176 e. The Hall–Kier alpha value is -2.04. The van der Waals surface area contributed by atoms with E-state index in [-0.39, 0.29) is 11.2 Å². The molecule has 0 amide bonds. The molecule has 0 saturated carbocycles. The van der Waals surface area contributed by atoms with E-state index in [2.05, 4.69) is 0 Å². The van der Waals surface area contributed by atoms with Crippen molar-refractivity contribution in [3.8, 4) is 11.5 Å². The lowest BCUT2D eigenvalue weighted by molar-refractivity contribution is -0.865. The molecule has 0 saturated heterocycles. The number of hydrogen-bond donors (Lipinski definition) is 1. The van der Waals surface area contributed by atoms with Crippen molar-refractivity contribution in [2.24, 2.45) is 0 Å². The van der Waals surface area contributed by atoms with Crippen LogP contribution in [0.25, 0.3) is 0 Å². The van der Waals surface area contributed by atoms with E-state index in [9.17, 15) is 5.21 Å². The Morgan fingerprint density at radius 3 is 2.75 bits per heavy atom. The molecule has 1 N–H and O–H groups in total. The zero-order valence-corrected chi connectivity index (χ0v) is 11.3. The van der Waals surface area contributed by atoms with Gasteiger partial charge in [0.25, 0.3) is 0 Å². The molecule has 1 aliphatic heterocycles. The minimum Gasteiger partial charge on any atom is -0.634 e. The van der Waals surface area contributed by atoms with Gasteiger partial charge in [-0.15, -0.1) is 0 Å². The highest BCUT2D eigenvalue weighted by Crippen LogP contribution is 2.31. The fourth-order valence-electron chi connectivity index (χ4n) is 2.56. The van der Waals surface area contributed by atoms with Crippen LogP contribution in [0.1, 0.15) is 17.2 Å². The van der Waals surface area contributed by atoms with Gasteiger partial charge in [-0.05, 0) is 18.2 Å². The molecule has 2 atom stereocenters. The minimum absolute atomic E-state index is 0.186. The highest BCUT2D eigenvalue weighted by molar-refractivity contribution is 5.38. The second-order valence-electron chi connectivity index (χ2n) is 4.88. The van der Waals surface area contributed by atoms with Gasteiger partial charge in [0.15, 0.2) is 6.10 Å². The average Bonchev–Trinajstić information content (AvgIpc) is 2.65. The number of quaternary nitrogens is 1. The van der Waals surface area contributed by atoms with Crippen LogP contribution in [0.4, 0.5) is 0 Å². The number of methoxy groups -OCH3 is 1. The molecule has 104 valence electrons. The molecule has 0 bridgehead atoms. The number of ether oxygens (including phenoxy) is 2. The monoisotopic (exact) mass is 271 g/mol. The molecular weight excluding hydrogens is 254 g/mol. The van der Waals surface area contributed by atoms with Crippen LogP contribution in [0.5, 0.6) is 11.5 Å². The summed E-state index contributed by atoms with van der Waals surface area (Å²) in [6, 6.07) is 15.4. The Kier molecular flexibility index (Phi) is 3.58. The van der Waals surface area contributed by atoms with Gasteiger partial charge in [-0.3, -0.25) is 0 Å². The summed E-state index contributed by atoms with van der Waals surface area (Å²) in [5.41, 5.74) is 1.87. The number of fused-ring (bicyclic) bond motifs is 1. The maximum atomic E-state index is 12.1. The standard InChI is InChI=1S/C16H17NO3/c1-19-15-9-5-3-7-13(15)16-11-17(18)10-12-6-2-4-8-14(12)20-16/h2-9,16-17H,10-11H2,1H3. The lowest BCUT2D eigenvalue weighted by Crippen LogP contribution is -3.06. The number of hydroxylamine groups is 2. The van der Waals surface area contributed by atoms with Crippen molar-refractivity contribution in [3.63, 3.8) is 0 Å². The van der Waals surface area contributed by atoms with E-state index in [0.717, 1.165) is 22.6 Å². The Labute approximate surface area is 118 Å². The molecule has 4 heteroatoms. The van der Waals surface area contributed by atoms with Crippen molar-refractivity contribution in [3.05, 3.63) is 64.9 Å². The Morgan fingerprint density at radius 1 is 1.15 bits per heavy atom. The van der Waals surface area contributed by atoms with Crippen LogP contribution in [0.3, 0.4) is 0 Å². The molecule has 1 aliphatic rings. The lowest BCUT2D eigenvalue weighted by atomic mass is 10.1. The van der Waals surface area contributed by atoms with Gasteiger partial charge >= 0.3 is 0 Å². The third-order valence-corrected chi connectivity index (χ3v) is 3.53. The number of hydrogen-bond acceptors (Lipinski definition) is 3. The Balaban J connectivity index is 1.98. The summed E-state index contributed by atoms with van der Waals surface area (Å²) in [5, 5.41) is 12.3. The molecule has 2 unspecified atom stereocenters. The van der Waals surface area contributed by atoms with Crippen molar-refractivity contribution < 1.29 is 14.5 Å². The number of nitrogens with one attached hydrogen (secondary N) is 1. The van der Waals surface area contributed by atoms with Crippen molar-refractivity contribution in [1.82, 2.24) is 0 Å². The second kappa shape index (κ2) is 5.53. The fraction of sp³-hybridized carbons (Fsp3) is 0.250. The third kappa shape index (κ3) is 2.48. The van der Waals surface area contributed by atoms with Crippen molar-refractivity contribution in [2.75, 3.05) is 13.7 Å². The largest absolute Gasteiger partial charge is 0.634 e. The topological polar surface area (TPSA) is 46.0 Å². The van der Waals surface area contributed by atoms with Crippen LogP contribution in [0, 0.1) is 5.21 Å². The van der Waals surface area contributed by atoms with E-state index < -0.39 is 0 Å². The quantitative estimate of drug-likeness (QED) is 0.846. The van der Waals surface area contributed by atoms with Crippen LogP contribution in [-0.2, 0) is 6.54 Å². The summed E-state index contributed by atoms with van der Waals surface area (Å²) < 4.78 is 11.4. The number of benzene rings is 2. The Bertz CT molecular complexity index is 600. The van der Waals surface area contributed by atoms with Crippen molar-refractivity contribution in [2.45, 2.75) is 12.6 Å². The normalized spacial score (nSPS) is 21.5. The zero-order valence-electron chi connectivity index (χ0n) is 11.3. The summed E-state index contributed by atoms with van der Waals surface area (Å²) in [7, 11) is 1.63. The van der Waals surface area contributed by atoms with Crippen LogP contribution < -0.4 is 14.5 Å². The van der Waals surface area contributed by atoms with Gasteiger partial charge in [0.1, 0.15) is 24.6 Å². The maximum absolute atomic E-state index is 12.1. The molecule has 0 aromatic heterocycles. The molecule has 2 aromatic carbocycles. The third-order valence-electron chi connectivity index (χ3n) is 3.53. The predicted molar refractivity (Wildman–Crippen MR) is 75.7 cm³/mol. The first kappa shape index (κ1) is 13.0. The van der Waals surface area contributed by atoms with Gasteiger partial charge in [-0.1, -0.05) is 30.3 Å². The van der Waals surface area contributed by atoms with Gasteiger partial charge in [0, 0.05) is 11.1 Å². The molecular formula is C16H17NO3. The molecule has 3 rings (SSSR count). The van der Waals surface area contributed by atoms with Gasteiger partial charge in [0.05, 0.1) is 7.11 Å².